The number of aryl methyl sites for hydroxylation is 2. The van der Waals surface area contributed by atoms with Gasteiger partial charge in [0.25, 0.3) is 0 Å². The van der Waals surface area contributed by atoms with E-state index in [1.807, 2.05) is 26.0 Å². The second-order valence-corrected chi connectivity index (χ2v) is 6.75. The van der Waals surface area contributed by atoms with Crippen LogP contribution in [0, 0.1) is 6.92 Å². The Morgan fingerprint density at radius 3 is 2.62 bits per heavy atom. The number of hydrogen-bond acceptors (Lipinski definition) is 4. The molecule has 2 amide bonds. The van der Waals surface area contributed by atoms with Gasteiger partial charge < -0.3 is 15.1 Å². The van der Waals surface area contributed by atoms with Gasteiger partial charge in [0.15, 0.2) is 5.43 Å². The molecule has 0 atom stereocenters. The monoisotopic (exact) mass is 390 g/mol. The number of nitrogens with one attached hydrogen (secondary N) is 2. The molecule has 6 nitrogen and oxygen atoms in total. The summed E-state index contributed by atoms with van der Waals surface area (Å²) in [5.41, 5.74) is 3.69. The van der Waals surface area contributed by atoms with Gasteiger partial charge in [0.1, 0.15) is 11.8 Å². The Hall–Kier alpha value is -3.67. The first-order valence-corrected chi connectivity index (χ1v) is 9.29. The van der Waals surface area contributed by atoms with Crippen molar-refractivity contribution in [2.24, 2.45) is 0 Å². The number of carbonyl (C=O) groups is 2. The first kappa shape index (κ1) is 20.1. The van der Waals surface area contributed by atoms with Crippen molar-refractivity contribution in [3.8, 4) is 0 Å². The average molecular weight is 390 g/mol. The molecule has 0 aliphatic rings. The molecule has 3 aromatic rings. The summed E-state index contributed by atoms with van der Waals surface area (Å²) in [7, 11) is 0. The van der Waals surface area contributed by atoms with E-state index in [-0.39, 0.29) is 17.2 Å². The number of fused-ring (bicyclic) bond motifs is 1. The zero-order chi connectivity index (χ0) is 21.0. The largest absolute Gasteiger partial charge is 0.463 e. The molecule has 0 saturated carbocycles. The molecule has 2 aromatic carbocycles. The Morgan fingerprint density at radius 1 is 1.10 bits per heavy atom. The van der Waals surface area contributed by atoms with Crippen LogP contribution in [0.25, 0.3) is 17.0 Å². The molecule has 0 fully saturated rings. The molecule has 0 aliphatic heterocycles. The molecule has 6 heteroatoms. The number of benzene rings is 2. The SMILES string of the molecule is CCc1ccc(NC(C)=O)cc1NC(=O)/C=C/c1coc2ccc(C)cc2c1=O. The molecule has 0 spiro atoms. The Kier molecular flexibility index (Phi) is 5.93. The molecule has 0 aliphatic carbocycles. The lowest BCUT2D eigenvalue weighted by molar-refractivity contribution is -0.114. The smallest absolute Gasteiger partial charge is 0.248 e. The van der Waals surface area contributed by atoms with Crippen molar-refractivity contribution in [1.82, 2.24) is 0 Å². The van der Waals surface area contributed by atoms with Crippen LogP contribution in [-0.4, -0.2) is 11.8 Å². The summed E-state index contributed by atoms with van der Waals surface area (Å²) in [5, 5.41) is 5.97. The fraction of sp³-hybridized carbons (Fsp3) is 0.174. The average Bonchev–Trinajstić information content (AvgIpc) is 2.68. The number of carbonyl (C=O) groups excluding carboxylic acids is 2. The van der Waals surface area contributed by atoms with Crippen LogP contribution in [0.3, 0.4) is 0 Å². The molecule has 0 bridgehead atoms. The normalized spacial score (nSPS) is 11.0. The third-order valence-corrected chi connectivity index (χ3v) is 4.44. The van der Waals surface area contributed by atoms with Gasteiger partial charge in [-0.15, -0.1) is 0 Å². The van der Waals surface area contributed by atoms with E-state index in [0.29, 0.717) is 34.3 Å². The number of rotatable bonds is 5. The second kappa shape index (κ2) is 8.56. The van der Waals surface area contributed by atoms with Crippen LogP contribution < -0.4 is 16.1 Å². The highest BCUT2D eigenvalue weighted by Gasteiger charge is 2.08. The number of amides is 2. The number of anilines is 2. The fourth-order valence-electron chi connectivity index (χ4n) is 3.00. The Morgan fingerprint density at radius 2 is 1.90 bits per heavy atom. The lowest BCUT2D eigenvalue weighted by Crippen LogP contribution is -2.12. The second-order valence-electron chi connectivity index (χ2n) is 6.75. The minimum atomic E-state index is -0.386. The Balaban J connectivity index is 1.83. The van der Waals surface area contributed by atoms with Crippen LogP contribution in [0.15, 0.2) is 57.9 Å². The summed E-state index contributed by atoms with van der Waals surface area (Å²) in [6.07, 6.45) is 4.79. The summed E-state index contributed by atoms with van der Waals surface area (Å²) in [6.45, 7) is 5.29. The van der Waals surface area contributed by atoms with Gasteiger partial charge in [-0.3, -0.25) is 14.4 Å². The van der Waals surface area contributed by atoms with Gasteiger partial charge in [-0.05, 0) is 49.2 Å². The molecule has 29 heavy (non-hydrogen) atoms. The summed E-state index contributed by atoms with van der Waals surface area (Å²) in [4.78, 5) is 36.3. The zero-order valence-corrected chi connectivity index (χ0v) is 16.5. The Bertz CT molecular complexity index is 1180. The lowest BCUT2D eigenvalue weighted by Gasteiger charge is -2.11. The highest BCUT2D eigenvalue weighted by molar-refractivity contribution is 6.03. The van der Waals surface area contributed by atoms with Gasteiger partial charge in [0.2, 0.25) is 11.8 Å². The minimum absolute atomic E-state index is 0.190. The van der Waals surface area contributed by atoms with Crippen molar-refractivity contribution in [2.45, 2.75) is 27.2 Å². The highest BCUT2D eigenvalue weighted by Crippen LogP contribution is 2.22. The Labute approximate surface area is 168 Å². The van der Waals surface area contributed by atoms with Crippen LogP contribution in [0.1, 0.15) is 30.5 Å². The summed E-state index contributed by atoms with van der Waals surface area (Å²) >= 11 is 0. The van der Waals surface area contributed by atoms with Crippen LogP contribution in [0.4, 0.5) is 11.4 Å². The van der Waals surface area contributed by atoms with Crippen LogP contribution >= 0.6 is 0 Å². The maximum absolute atomic E-state index is 12.6. The van der Waals surface area contributed by atoms with Gasteiger partial charge >= 0.3 is 0 Å². The maximum atomic E-state index is 12.6. The molecule has 1 heterocycles. The first-order chi connectivity index (χ1) is 13.9. The molecule has 3 rings (SSSR count). The van der Waals surface area contributed by atoms with Gasteiger partial charge in [-0.2, -0.15) is 0 Å². The van der Waals surface area contributed by atoms with Gasteiger partial charge in [-0.1, -0.05) is 24.6 Å². The topological polar surface area (TPSA) is 88.4 Å². The van der Waals surface area contributed by atoms with Crippen molar-refractivity contribution in [1.29, 1.82) is 0 Å². The van der Waals surface area contributed by atoms with E-state index in [4.69, 9.17) is 4.42 Å². The van der Waals surface area contributed by atoms with Crippen molar-refractivity contribution >= 4 is 40.2 Å². The third kappa shape index (κ3) is 4.79. The summed E-state index contributed by atoms with van der Waals surface area (Å²) in [6, 6.07) is 10.7. The summed E-state index contributed by atoms with van der Waals surface area (Å²) in [5.74, 6) is -0.576. The molecular weight excluding hydrogens is 368 g/mol. The fourth-order valence-corrected chi connectivity index (χ4v) is 3.00. The van der Waals surface area contributed by atoms with Crippen molar-refractivity contribution in [3.63, 3.8) is 0 Å². The lowest BCUT2D eigenvalue weighted by atomic mass is 10.1. The van der Waals surface area contributed by atoms with E-state index in [9.17, 15) is 14.4 Å². The minimum Gasteiger partial charge on any atom is -0.463 e. The third-order valence-electron chi connectivity index (χ3n) is 4.44. The molecular formula is C23H22N2O4. The standard InChI is InChI=1S/C23H22N2O4/c1-4-16-6-8-18(24-15(3)26)12-20(16)25-22(27)10-7-17-13-29-21-9-5-14(2)11-19(21)23(17)28/h5-13H,4H2,1-3H3,(H,24,26)(H,25,27)/b10-7+. The maximum Gasteiger partial charge on any atom is 0.248 e. The summed E-state index contributed by atoms with van der Waals surface area (Å²) < 4.78 is 5.50. The predicted molar refractivity (Wildman–Crippen MR) is 115 cm³/mol. The van der Waals surface area contributed by atoms with Gasteiger partial charge in [0.05, 0.1) is 10.9 Å². The zero-order valence-electron chi connectivity index (χ0n) is 16.5. The quantitative estimate of drug-likeness (QED) is 0.637. The van der Waals surface area contributed by atoms with E-state index in [1.54, 1.807) is 24.3 Å². The van der Waals surface area contributed by atoms with E-state index in [0.717, 1.165) is 11.1 Å². The van der Waals surface area contributed by atoms with Crippen LogP contribution in [-0.2, 0) is 16.0 Å². The predicted octanol–water partition coefficient (Wildman–Crippen LogP) is 4.27. The van der Waals surface area contributed by atoms with E-state index in [2.05, 4.69) is 10.6 Å². The number of hydrogen-bond donors (Lipinski definition) is 2. The molecule has 2 N–H and O–H groups in total. The van der Waals surface area contributed by atoms with Crippen LogP contribution in [0.5, 0.6) is 0 Å². The molecule has 148 valence electrons. The van der Waals surface area contributed by atoms with Crippen molar-refractivity contribution < 1.29 is 14.0 Å². The van der Waals surface area contributed by atoms with Crippen LogP contribution in [0.2, 0.25) is 0 Å². The van der Waals surface area contributed by atoms with E-state index < -0.39 is 0 Å². The molecule has 0 saturated heterocycles. The van der Waals surface area contributed by atoms with Gasteiger partial charge in [0, 0.05) is 24.4 Å². The molecule has 1 aromatic heterocycles. The van der Waals surface area contributed by atoms with Gasteiger partial charge in [-0.25, -0.2) is 0 Å². The first-order valence-electron chi connectivity index (χ1n) is 9.29. The molecule has 0 unspecified atom stereocenters. The van der Waals surface area contributed by atoms with E-state index >= 15 is 0 Å². The molecule has 0 radical (unpaired) electrons. The van der Waals surface area contributed by atoms with Crippen molar-refractivity contribution in [3.05, 3.63) is 75.7 Å². The highest BCUT2D eigenvalue weighted by atomic mass is 16.3. The van der Waals surface area contributed by atoms with E-state index in [1.165, 1.54) is 25.3 Å². The van der Waals surface area contributed by atoms with Crippen molar-refractivity contribution in [2.75, 3.05) is 10.6 Å².